The Labute approximate surface area is 107 Å². The van der Waals surface area contributed by atoms with Crippen LogP contribution in [0.4, 0.5) is 0 Å². The Morgan fingerprint density at radius 2 is 2.00 bits per heavy atom. The Morgan fingerprint density at radius 1 is 1.39 bits per heavy atom. The molecule has 1 aliphatic heterocycles. The van der Waals surface area contributed by atoms with Crippen molar-refractivity contribution in [1.29, 1.82) is 0 Å². The molecule has 2 amide bonds. The molecule has 1 N–H and O–H groups in total. The summed E-state index contributed by atoms with van der Waals surface area (Å²) in [6.07, 6.45) is 0.576. The van der Waals surface area contributed by atoms with Gasteiger partial charge < -0.3 is 14.9 Å². The monoisotopic (exact) mass is 256 g/mol. The first-order chi connectivity index (χ1) is 8.49. The lowest BCUT2D eigenvalue weighted by molar-refractivity contribution is -0.150. The number of carboxylic acid groups (broad SMARTS) is 1. The zero-order valence-electron chi connectivity index (χ0n) is 10.9. The van der Waals surface area contributed by atoms with Gasteiger partial charge in [-0.1, -0.05) is 0 Å². The highest BCUT2D eigenvalue weighted by Gasteiger charge is 2.31. The number of piperidine rings is 1. The molecule has 18 heavy (non-hydrogen) atoms. The number of likely N-dealkylation sites (N-methyl/N-ethyl adjacent to an activating group) is 1. The number of carboxylic acids is 1. The number of likely N-dealkylation sites (tertiary alicyclic amines) is 1. The van der Waals surface area contributed by atoms with E-state index in [9.17, 15) is 14.4 Å². The van der Waals surface area contributed by atoms with Gasteiger partial charge in [-0.05, 0) is 20.3 Å². The van der Waals surface area contributed by atoms with Gasteiger partial charge in [0.05, 0.1) is 12.5 Å². The summed E-state index contributed by atoms with van der Waals surface area (Å²) in [7, 11) is 0. The van der Waals surface area contributed by atoms with Crippen molar-refractivity contribution in [2.75, 3.05) is 26.2 Å². The second-order valence-electron chi connectivity index (χ2n) is 4.41. The molecule has 1 saturated heterocycles. The predicted molar refractivity (Wildman–Crippen MR) is 64.9 cm³/mol. The molecule has 0 aromatic carbocycles. The number of hydrogen-bond acceptors (Lipinski definition) is 3. The molecule has 0 aromatic heterocycles. The summed E-state index contributed by atoms with van der Waals surface area (Å²) in [5.74, 6) is -1.71. The first-order valence-corrected chi connectivity index (χ1v) is 6.27. The summed E-state index contributed by atoms with van der Waals surface area (Å²) < 4.78 is 0. The van der Waals surface area contributed by atoms with Gasteiger partial charge in [-0.3, -0.25) is 14.4 Å². The van der Waals surface area contributed by atoms with Crippen LogP contribution in [-0.4, -0.2) is 58.9 Å². The highest BCUT2D eigenvalue weighted by atomic mass is 16.4. The van der Waals surface area contributed by atoms with E-state index in [4.69, 9.17) is 5.11 Å². The van der Waals surface area contributed by atoms with Crippen LogP contribution in [0.3, 0.4) is 0 Å². The summed E-state index contributed by atoms with van der Waals surface area (Å²) in [5, 5.41) is 8.94. The molecule has 0 radical (unpaired) electrons. The molecule has 0 saturated carbocycles. The van der Waals surface area contributed by atoms with Gasteiger partial charge in [-0.2, -0.15) is 0 Å². The van der Waals surface area contributed by atoms with Crippen molar-refractivity contribution < 1.29 is 19.5 Å². The highest BCUT2D eigenvalue weighted by molar-refractivity contribution is 5.86. The van der Waals surface area contributed by atoms with Crippen molar-refractivity contribution in [3.8, 4) is 0 Å². The number of hydrogen-bond donors (Lipinski definition) is 1. The fourth-order valence-electron chi connectivity index (χ4n) is 2.11. The van der Waals surface area contributed by atoms with E-state index in [1.807, 2.05) is 13.8 Å². The Morgan fingerprint density at radius 3 is 2.50 bits per heavy atom. The fourth-order valence-corrected chi connectivity index (χ4v) is 2.11. The second kappa shape index (κ2) is 6.37. The van der Waals surface area contributed by atoms with Crippen molar-refractivity contribution in [3.63, 3.8) is 0 Å². The van der Waals surface area contributed by atoms with Gasteiger partial charge in [-0.15, -0.1) is 0 Å². The van der Waals surface area contributed by atoms with Crippen molar-refractivity contribution in [2.45, 2.75) is 26.7 Å². The molecule has 6 heteroatoms. The molecule has 6 nitrogen and oxygen atoms in total. The van der Waals surface area contributed by atoms with Crippen LogP contribution < -0.4 is 0 Å². The molecular weight excluding hydrogens is 236 g/mol. The first kappa shape index (κ1) is 14.5. The fraction of sp³-hybridized carbons (Fsp3) is 0.750. The Balaban J connectivity index is 2.61. The average Bonchev–Trinajstić information content (AvgIpc) is 2.33. The van der Waals surface area contributed by atoms with Crippen LogP contribution in [0.1, 0.15) is 26.7 Å². The summed E-state index contributed by atoms with van der Waals surface area (Å²) in [6, 6.07) is 0. The molecule has 1 heterocycles. The molecule has 0 aromatic rings. The second-order valence-corrected chi connectivity index (χ2v) is 4.41. The summed E-state index contributed by atoms with van der Waals surface area (Å²) in [5.41, 5.74) is 0. The number of carbonyl (C=O) groups excluding carboxylic acids is 2. The lowest BCUT2D eigenvalue weighted by Gasteiger charge is -2.31. The number of aliphatic carboxylic acids is 1. The number of amides is 2. The molecule has 1 aliphatic rings. The molecule has 0 aliphatic carbocycles. The maximum atomic E-state index is 11.9. The van der Waals surface area contributed by atoms with Crippen LogP contribution in [0.2, 0.25) is 0 Å². The van der Waals surface area contributed by atoms with Crippen molar-refractivity contribution in [2.24, 2.45) is 5.92 Å². The van der Waals surface area contributed by atoms with Gasteiger partial charge >= 0.3 is 5.97 Å². The van der Waals surface area contributed by atoms with E-state index in [1.54, 1.807) is 4.90 Å². The minimum absolute atomic E-state index is 0.00963. The van der Waals surface area contributed by atoms with Gasteiger partial charge in [-0.25, -0.2) is 0 Å². The van der Waals surface area contributed by atoms with Crippen molar-refractivity contribution in [1.82, 2.24) is 9.80 Å². The van der Waals surface area contributed by atoms with Crippen LogP contribution in [0, 0.1) is 5.92 Å². The molecule has 1 unspecified atom stereocenters. The van der Waals surface area contributed by atoms with Gasteiger partial charge in [0.2, 0.25) is 11.8 Å². The van der Waals surface area contributed by atoms with E-state index in [0.717, 1.165) is 0 Å². The average molecular weight is 256 g/mol. The molecular formula is C12H20N2O4. The third kappa shape index (κ3) is 3.45. The Kier molecular flexibility index (Phi) is 5.12. The number of nitrogens with zero attached hydrogens (tertiary/aromatic N) is 2. The standard InChI is InChI=1S/C12H20N2O4/c1-3-13(4-2)11(16)8-14-7-9(12(17)18)5-6-10(14)15/h9H,3-8H2,1-2H3,(H,17,18). The molecule has 1 rings (SSSR count). The van der Waals surface area contributed by atoms with E-state index in [0.29, 0.717) is 19.5 Å². The van der Waals surface area contributed by atoms with E-state index in [2.05, 4.69) is 0 Å². The molecule has 1 fully saturated rings. The lowest BCUT2D eigenvalue weighted by atomic mass is 9.98. The number of rotatable bonds is 5. The van der Waals surface area contributed by atoms with E-state index >= 15 is 0 Å². The SMILES string of the molecule is CCN(CC)C(=O)CN1CC(C(=O)O)CCC1=O. The maximum Gasteiger partial charge on any atom is 0.308 e. The van der Waals surface area contributed by atoms with Gasteiger partial charge in [0.1, 0.15) is 0 Å². The smallest absolute Gasteiger partial charge is 0.308 e. The third-order valence-electron chi connectivity index (χ3n) is 3.29. The molecule has 102 valence electrons. The maximum absolute atomic E-state index is 11.9. The van der Waals surface area contributed by atoms with Crippen LogP contribution in [0.5, 0.6) is 0 Å². The molecule has 1 atom stereocenters. The normalized spacial score (nSPS) is 19.8. The van der Waals surface area contributed by atoms with Crippen LogP contribution >= 0.6 is 0 Å². The first-order valence-electron chi connectivity index (χ1n) is 6.27. The van der Waals surface area contributed by atoms with Gasteiger partial charge in [0, 0.05) is 26.1 Å². The van der Waals surface area contributed by atoms with Crippen LogP contribution in [-0.2, 0) is 14.4 Å². The van der Waals surface area contributed by atoms with Crippen molar-refractivity contribution >= 4 is 17.8 Å². The predicted octanol–water partition coefficient (Wildman–Crippen LogP) is 0.178. The van der Waals surface area contributed by atoms with E-state index in [-0.39, 0.29) is 31.3 Å². The molecule has 0 bridgehead atoms. The van der Waals surface area contributed by atoms with Crippen LogP contribution in [0.15, 0.2) is 0 Å². The summed E-state index contributed by atoms with van der Waals surface area (Å²) in [6.45, 7) is 5.07. The summed E-state index contributed by atoms with van der Waals surface area (Å²) in [4.78, 5) is 37.4. The largest absolute Gasteiger partial charge is 0.481 e. The lowest BCUT2D eigenvalue weighted by Crippen LogP contribution is -2.48. The Hall–Kier alpha value is -1.59. The van der Waals surface area contributed by atoms with Crippen LogP contribution in [0.25, 0.3) is 0 Å². The van der Waals surface area contributed by atoms with E-state index in [1.165, 1.54) is 4.90 Å². The summed E-state index contributed by atoms with van der Waals surface area (Å²) >= 11 is 0. The minimum Gasteiger partial charge on any atom is -0.481 e. The minimum atomic E-state index is -0.900. The number of carbonyl (C=O) groups is 3. The van der Waals surface area contributed by atoms with Gasteiger partial charge in [0.15, 0.2) is 0 Å². The topological polar surface area (TPSA) is 77.9 Å². The zero-order chi connectivity index (χ0) is 13.7. The highest BCUT2D eigenvalue weighted by Crippen LogP contribution is 2.17. The third-order valence-corrected chi connectivity index (χ3v) is 3.29. The zero-order valence-corrected chi connectivity index (χ0v) is 10.9. The quantitative estimate of drug-likeness (QED) is 0.761. The van der Waals surface area contributed by atoms with Crippen molar-refractivity contribution in [3.05, 3.63) is 0 Å². The van der Waals surface area contributed by atoms with Gasteiger partial charge in [0.25, 0.3) is 0 Å². The molecule has 0 spiro atoms. The Bertz CT molecular complexity index is 339. The van der Waals surface area contributed by atoms with E-state index < -0.39 is 11.9 Å².